The Bertz CT molecular complexity index is 583. The van der Waals surface area contributed by atoms with E-state index >= 15 is 0 Å². The zero-order valence-corrected chi connectivity index (χ0v) is 15.3. The van der Waals surface area contributed by atoms with Crippen molar-refractivity contribution in [3.05, 3.63) is 0 Å². The summed E-state index contributed by atoms with van der Waals surface area (Å²) in [6.45, 7) is 6.44. The summed E-state index contributed by atoms with van der Waals surface area (Å²) in [4.78, 5) is 49.4. The van der Waals surface area contributed by atoms with E-state index in [1.54, 1.807) is 0 Å². The van der Waals surface area contributed by atoms with E-state index in [0.717, 1.165) is 24.2 Å². The van der Waals surface area contributed by atoms with E-state index in [1.165, 1.54) is 0 Å². The van der Waals surface area contributed by atoms with Crippen LogP contribution in [-0.2, 0) is 19.1 Å². The Labute approximate surface area is 147 Å². The van der Waals surface area contributed by atoms with Crippen molar-refractivity contribution < 1.29 is 23.9 Å². The molecule has 1 spiro atoms. The predicted molar refractivity (Wildman–Crippen MR) is 89.5 cm³/mol. The van der Waals surface area contributed by atoms with Gasteiger partial charge >= 0.3 is 12.0 Å². The van der Waals surface area contributed by atoms with Crippen LogP contribution in [0.5, 0.6) is 0 Å². The normalized spacial score (nSPS) is 26.6. The minimum absolute atomic E-state index is 0.0243. The fraction of sp³-hybridized carbons (Fsp3) is 0.765. The molecule has 2 rings (SSSR count). The van der Waals surface area contributed by atoms with Crippen molar-refractivity contribution in [2.45, 2.75) is 64.5 Å². The average Bonchev–Trinajstić information content (AvgIpc) is 2.72. The number of amides is 4. The standard InChI is InChI=1S/C17H27N3O5/c1-11-7-5-6-8-17(11)14(23)20(15(24)19-17)9-13(22)25-10-12(21)18-16(2,3)4/h11H,5-10H2,1-4H3,(H,18,21)(H,19,24)/t11-,17-/m0/s1. The smallest absolute Gasteiger partial charge is 0.326 e. The molecule has 4 amide bonds. The lowest BCUT2D eigenvalue weighted by Gasteiger charge is -2.36. The van der Waals surface area contributed by atoms with Crippen LogP contribution in [0.1, 0.15) is 53.4 Å². The van der Waals surface area contributed by atoms with Gasteiger partial charge in [-0.3, -0.25) is 19.3 Å². The summed E-state index contributed by atoms with van der Waals surface area (Å²) < 4.78 is 4.89. The maximum Gasteiger partial charge on any atom is 0.326 e. The van der Waals surface area contributed by atoms with Crippen molar-refractivity contribution in [2.24, 2.45) is 5.92 Å². The van der Waals surface area contributed by atoms with E-state index < -0.39 is 42.1 Å². The van der Waals surface area contributed by atoms with Gasteiger partial charge in [-0.15, -0.1) is 0 Å². The molecule has 8 heteroatoms. The molecule has 1 heterocycles. The molecule has 0 aromatic heterocycles. The zero-order chi connectivity index (χ0) is 18.8. The third kappa shape index (κ3) is 4.29. The van der Waals surface area contributed by atoms with Crippen LogP contribution < -0.4 is 10.6 Å². The van der Waals surface area contributed by atoms with Gasteiger partial charge in [0.05, 0.1) is 0 Å². The number of carbonyl (C=O) groups excluding carboxylic acids is 4. The number of urea groups is 1. The van der Waals surface area contributed by atoms with Crippen molar-refractivity contribution in [2.75, 3.05) is 13.2 Å². The molecule has 1 saturated heterocycles. The first-order valence-electron chi connectivity index (χ1n) is 8.66. The molecule has 1 aliphatic heterocycles. The van der Waals surface area contributed by atoms with Gasteiger partial charge in [0.1, 0.15) is 12.1 Å². The summed E-state index contributed by atoms with van der Waals surface area (Å²) in [7, 11) is 0. The van der Waals surface area contributed by atoms with Gasteiger partial charge in [-0.05, 0) is 39.5 Å². The second-order valence-corrected chi connectivity index (χ2v) is 7.90. The fourth-order valence-electron chi connectivity index (χ4n) is 3.41. The highest BCUT2D eigenvalue weighted by Gasteiger charge is 2.55. The molecule has 0 aromatic rings. The molecule has 1 saturated carbocycles. The molecular weight excluding hydrogens is 326 g/mol. The van der Waals surface area contributed by atoms with Crippen LogP contribution >= 0.6 is 0 Å². The summed E-state index contributed by atoms with van der Waals surface area (Å²) in [6.07, 6.45) is 3.33. The highest BCUT2D eigenvalue weighted by Crippen LogP contribution is 2.38. The number of hydrogen-bond acceptors (Lipinski definition) is 5. The Morgan fingerprint density at radius 1 is 1.32 bits per heavy atom. The lowest BCUT2D eigenvalue weighted by Crippen LogP contribution is -2.54. The lowest BCUT2D eigenvalue weighted by molar-refractivity contribution is -0.151. The van der Waals surface area contributed by atoms with Crippen LogP contribution in [0, 0.1) is 5.92 Å². The van der Waals surface area contributed by atoms with Crippen LogP contribution in [0.15, 0.2) is 0 Å². The summed E-state index contributed by atoms with van der Waals surface area (Å²) in [5, 5.41) is 5.43. The van der Waals surface area contributed by atoms with Gasteiger partial charge in [0.15, 0.2) is 6.61 Å². The van der Waals surface area contributed by atoms with Gasteiger partial charge in [0, 0.05) is 5.54 Å². The van der Waals surface area contributed by atoms with Gasteiger partial charge in [0.2, 0.25) is 0 Å². The number of esters is 1. The number of nitrogens with one attached hydrogen (secondary N) is 2. The minimum atomic E-state index is -0.904. The van der Waals surface area contributed by atoms with Crippen LogP contribution in [0.25, 0.3) is 0 Å². The first kappa shape index (κ1) is 19.2. The maximum absolute atomic E-state index is 12.7. The number of hydrogen-bond donors (Lipinski definition) is 2. The molecule has 140 valence electrons. The van der Waals surface area contributed by atoms with Crippen LogP contribution in [0.3, 0.4) is 0 Å². The number of nitrogens with zero attached hydrogens (tertiary/aromatic N) is 1. The molecule has 2 aliphatic rings. The Morgan fingerprint density at radius 3 is 2.60 bits per heavy atom. The van der Waals surface area contributed by atoms with Gasteiger partial charge < -0.3 is 15.4 Å². The van der Waals surface area contributed by atoms with Gasteiger partial charge in [-0.2, -0.15) is 0 Å². The topological polar surface area (TPSA) is 105 Å². The third-order valence-electron chi connectivity index (χ3n) is 4.67. The monoisotopic (exact) mass is 353 g/mol. The van der Waals surface area contributed by atoms with Crippen LogP contribution in [-0.4, -0.2) is 52.9 Å². The van der Waals surface area contributed by atoms with Crippen LogP contribution in [0.4, 0.5) is 4.79 Å². The first-order chi connectivity index (χ1) is 11.5. The largest absolute Gasteiger partial charge is 0.454 e. The van der Waals surface area contributed by atoms with E-state index in [0.29, 0.717) is 6.42 Å². The Hall–Kier alpha value is -2.12. The third-order valence-corrected chi connectivity index (χ3v) is 4.67. The number of imide groups is 1. The summed E-state index contributed by atoms with van der Waals surface area (Å²) in [5.74, 6) is -1.57. The van der Waals surface area contributed by atoms with Crippen molar-refractivity contribution in [3.8, 4) is 0 Å². The summed E-state index contributed by atoms with van der Waals surface area (Å²) >= 11 is 0. The molecule has 2 atom stereocenters. The van der Waals surface area contributed by atoms with Crippen LogP contribution in [0.2, 0.25) is 0 Å². The van der Waals surface area contributed by atoms with E-state index in [9.17, 15) is 19.2 Å². The van der Waals surface area contributed by atoms with Gasteiger partial charge in [0.25, 0.3) is 11.8 Å². The van der Waals surface area contributed by atoms with E-state index in [1.807, 2.05) is 27.7 Å². The second kappa shape index (κ2) is 7.01. The van der Waals surface area contributed by atoms with Crippen molar-refractivity contribution >= 4 is 23.8 Å². The molecule has 2 fully saturated rings. The van der Waals surface area contributed by atoms with Gasteiger partial charge in [-0.25, -0.2) is 4.79 Å². The van der Waals surface area contributed by atoms with E-state index in [-0.39, 0.29) is 11.8 Å². The predicted octanol–water partition coefficient (Wildman–Crippen LogP) is 0.945. The SMILES string of the molecule is C[C@H]1CCCC[C@]12NC(=O)N(CC(=O)OCC(=O)NC(C)(C)C)C2=O. The Kier molecular flexibility index (Phi) is 5.39. The number of rotatable bonds is 4. The first-order valence-corrected chi connectivity index (χ1v) is 8.66. The molecule has 0 bridgehead atoms. The highest BCUT2D eigenvalue weighted by molar-refractivity contribution is 6.09. The zero-order valence-electron chi connectivity index (χ0n) is 15.3. The molecule has 0 aromatic carbocycles. The maximum atomic E-state index is 12.7. The molecule has 0 unspecified atom stereocenters. The number of ether oxygens (including phenoxy) is 1. The second-order valence-electron chi connectivity index (χ2n) is 7.90. The quantitative estimate of drug-likeness (QED) is 0.578. The molecule has 2 N–H and O–H groups in total. The van der Waals surface area contributed by atoms with Crippen molar-refractivity contribution in [3.63, 3.8) is 0 Å². The van der Waals surface area contributed by atoms with E-state index in [4.69, 9.17) is 4.74 Å². The molecule has 25 heavy (non-hydrogen) atoms. The molecular formula is C17H27N3O5. The van der Waals surface area contributed by atoms with Gasteiger partial charge in [-0.1, -0.05) is 19.8 Å². The fourth-order valence-corrected chi connectivity index (χ4v) is 3.41. The van der Waals surface area contributed by atoms with Crippen molar-refractivity contribution in [1.29, 1.82) is 0 Å². The minimum Gasteiger partial charge on any atom is -0.454 e. The highest BCUT2D eigenvalue weighted by atomic mass is 16.5. The summed E-state index contributed by atoms with van der Waals surface area (Å²) in [6, 6.07) is -0.574. The average molecular weight is 353 g/mol. The number of carbonyl (C=O) groups is 4. The van der Waals surface area contributed by atoms with E-state index in [2.05, 4.69) is 10.6 Å². The Morgan fingerprint density at radius 2 is 2.00 bits per heavy atom. The van der Waals surface area contributed by atoms with Crippen molar-refractivity contribution in [1.82, 2.24) is 15.5 Å². The molecule has 1 aliphatic carbocycles. The summed E-state index contributed by atoms with van der Waals surface area (Å²) in [5.41, 5.74) is -1.34. The Balaban J connectivity index is 1.91. The molecule has 0 radical (unpaired) electrons. The lowest BCUT2D eigenvalue weighted by atomic mass is 9.73. The molecule has 8 nitrogen and oxygen atoms in total.